The number of hydrogen-bond donors (Lipinski definition) is 2. The van der Waals surface area contributed by atoms with Crippen LogP contribution < -0.4 is 0 Å². The minimum absolute atomic E-state index is 0.369. The Balaban J connectivity index is 3.19. The second-order valence-corrected chi connectivity index (χ2v) is 3.10. The largest absolute Gasteiger partial charge is 0.480 e. The zero-order valence-electron chi connectivity index (χ0n) is 8.18. The Bertz CT molecular complexity index is 483. The van der Waals surface area contributed by atoms with Crippen molar-refractivity contribution in [3.63, 3.8) is 0 Å². The lowest BCUT2D eigenvalue weighted by atomic mass is 9.97. The summed E-state index contributed by atoms with van der Waals surface area (Å²) < 4.78 is 25.7. The van der Waals surface area contributed by atoms with Crippen LogP contribution in [0.1, 0.15) is 10.4 Å². The first-order chi connectivity index (χ1) is 7.84. The van der Waals surface area contributed by atoms with Gasteiger partial charge in [-0.05, 0) is 12.1 Å². The number of Topliss-reactive ketones (excluding diaryl/α,β-unsaturated/α-hetero) is 1. The van der Waals surface area contributed by atoms with Gasteiger partial charge in [0.05, 0.1) is 5.56 Å². The Hall–Kier alpha value is -2.31. The fourth-order valence-electron chi connectivity index (χ4n) is 1.17. The topological polar surface area (TPSA) is 91.7 Å². The monoisotopic (exact) mass is 244 g/mol. The number of aliphatic carboxylic acids is 2. The third-order valence-corrected chi connectivity index (χ3v) is 1.95. The van der Waals surface area contributed by atoms with Crippen LogP contribution in [-0.4, -0.2) is 27.9 Å². The smallest absolute Gasteiger partial charge is 0.325 e. The molecule has 2 N–H and O–H groups in total. The van der Waals surface area contributed by atoms with Crippen molar-refractivity contribution in [2.75, 3.05) is 0 Å². The molecule has 0 unspecified atom stereocenters. The van der Waals surface area contributed by atoms with Crippen molar-refractivity contribution in [1.82, 2.24) is 0 Å². The van der Waals surface area contributed by atoms with E-state index < -0.39 is 40.8 Å². The molecule has 0 aromatic heterocycles. The molecule has 5 nitrogen and oxygen atoms in total. The molecular weight excluding hydrogens is 238 g/mol. The molecule has 0 aliphatic carbocycles. The van der Waals surface area contributed by atoms with E-state index in [1.165, 1.54) is 0 Å². The van der Waals surface area contributed by atoms with E-state index in [-0.39, 0.29) is 0 Å². The maximum Gasteiger partial charge on any atom is 0.325 e. The number of carboxylic acids is 2. The molecule has 0 saturated carbocycles. The molecule has 0 saturated heterocycles. The third-order valence-electron chi connectivity index (χ3n) is 1.95. The van der Waals surface area contributed by atoms with Gasteiger partial charge in [-0.25, -0.2) is 8.78 Å². The minimum Gasteiger partial charge on any atom is -0.480 e. The molecule has 0 aliphatic heterocycles. The Morgan fingerprint density at radius 1 is 1.06 bits per heavy atom. The van der Waals surface area contributed by atoms with E-state index in [9.17, 15) is 23.2 Å². The number of carboxylic acid groups (broad SMARTS) is 2. The van der Waals surface area contributed by atoms with Crippen molar-refractivity contribution in [1.29, 1.82) is 0 Å². The van der Waals surface area contributed by atoms with E-state index >= 15 is 0 Å². The van der Waals surface area contributed by atoms with Gasteiger partial charge in [0.25, 0.3) is 0 Å². The van der Waals surface area contributed by atoms with E-state index in [1.54, 1.807) is 0 Å². The summed E-state index contributed by atoms with van der Waals surface area (Å²) in [5, 5.41) is 17.0. The Labute approximate surface area is 93.3 Å². The van der Waals surface area contributed by atoms with Crippen LogP contribution in [0, 0.1) is 17.6 Å². The quantitative estimate of drug-likeness (QED) is 0.607. The van der Waals surface area contributed by atoms with E-state index in [0.717, 1.165) is 6.07 Å². The third kappa shape index (κ3) is 2.63. The van der Waals surface area contributed by atoms with Gasteiger partial charge < -0.3 is 10.2 Å². The summed E-state index contributed by atoms with van der Waals surface area (Å²) in [7, 11) is 0. The lowest BCUT2D eigenvalue weighted by Gasteiger charge is -2.07. The van der Waals surface area contributed by atoms with E-state index in [0.29, 0.717) is 12.1 Å². The lowest BCUT2D eigenvalue weighted by Crippen LogP contribution is -2.32. The molecular formula is C10H6F2O5. The summed E-state index contributed by atoms with van der Waals surface area (Å²) in [5.74, 6) is -9.93. The number of ketones is 1. The second kappa shape index (κ2) is 4.69. The van der Waals surface area contributed by atoms with Crippen LogP contribution in [0.4, 0.5) is 8.78 Å². The average molecular weight is 244 g/mol. The van der Waals surface area contributed by atoms with Gasteiger partial charge >= 0.3 is 11.9 Å². The Kier molecular flexibility index (Phi) is 3.52. The molecule has 0 spiro atoms. The van der Waals surface area contributed by atoms with E-state index in [1.807, 2.05) is 0 Å². The molecule has 0 aliphatic rings. The van der Waals surface area contributed by atoms with Gasteiger partial charge in [0, 0.05) is 6.07 Å². The van der Waals surface area contributed by atoms with Crippen LogP contribution in [0.3, 0.4) is 0 Å². The fraction of sp³-hybridized carbons (Fsp3) is 0.100. The SMILES string of the molecule is O=C(O)C(C(=O)O)C(=O)c1ccc(F)cc1F. The molecule has 0 atom stereocenters. The normalized spacial score (nSPS) is 10.3. The van der Waals surface area contributed by atoms with Gasteiger partial charge in [0.1, 0.15) is 11.6 Å². The Morgan fingerprint density at radius 3 is 2.00 bits per heavy atom. The zero-order chi connectivity index (χ0) is 13.2. The van der Waals surface area contributed by atoms with Crippen molar-refractivity contribution < 1.29 is 33.4 Å². The number of carbonyl (C=O) groups is 3. The van der Waals surface area contributed by atoms with Crippen LogP contribution in [0.5, 0.6) is 0 Å². The molecule has 0 bridgehead atoms. The number of carbonyl (C=O) groups excluding carboxylic acids is 1. The number of rotatable bonds is 4. The predicted octanol–water partition coefficient (Wildman–Crippen LogP) is 0.933. The highest BCUT2D eigenvalue weighted by atomic mass is 19.1. The maximum atomic E-state index is 13.1. The maximum absolute atomic E-state index is 13.1. The van der Waals surface area contributed by atoms with Crippen molar-refractivity contribution in [2.24, 2.45) is 5.92 Å². The Morgan fingerprint density at radius 2 is 1.59 bits per heavy atom. The first-order valence-corrected chi connectivity index (χ1v) is 4.29. The molecule has 0 radical (unpaired) electrons. The van der Waals surface area contributed by atoms with Crippen molar-refractivity contribution >= 4 is 17.7 Å². The summed E-state index contributed by atoms with van der Waals surface area (Å²) in [5.41, 5.74) is -0.777. The molecule has 0 heterocycles. The van der Waals surface area contributed by atoms with Gasteiger partial charge in [-0.3, -0.25) is 14.4 Å². The summed E-state index contributed by atoms with van der Waals surface area (Å²) in [6, 6.07) is 1.80. The highest BCUT2D eigenvalue weighted by molar-refractivity contribution is 6.20. The van der Waals surface area contributed by atoms with E-state index in [2.05, 4.69) is 0 Å². The van der Waals surface area contributed by atoms with Crippen molar-refractivity contribution in [3.8, 4) is 0 Å². The fourth-order valence-corrected chi connectivity index (χ4v) is 1.17. The highest BCUT2D eigenvalue weighted by Crippen LogP contribution is 2.15. The van der Waals surface area contributed by atoms with Crippen LogP contribution in [-0.2, 0) is 9.59 Å². The summed E-state index contributed by atoms with van der Waals surface area (Å²) >= 11 is 0. The number of hydrogen-bond acceptors (Lipinski definition) is 3. The molecule has 1 rings (SSSR count). The standard InChI is InChI=1S/C10H6F2O5/c11-4-1-2-5(6(12)3-4)8(13)7(9(14)15)10(16)17/h1-3,7H,(H,14,15)(H,16,17). The van der Waals surface area contributed by atoms with Gasteiger partial charge in [0.2, 0.25) is 5.92 Å². The van der Waals surface area contributed by atoms with Gasteiger partial charge in [-0.2, -0.15) is 0 Å². The minimum atomic E-state index is -2.41. The summed E-state index contributed by atoms with van der Waals surface area (Å²) in [6.07, 6.45) is 0. The van der Waals surface area contributed by atoms with Gasteiger partial charge in [-0.1, -0.05) is 0 Å². The molecule has 0 amide bonds. The predicted molar refractivity (Wildman–Crippen MR) is 49.5 cm³/mol. The van der Waals surface area contributed by atoms with Crippen LogP contribution in [0.15, 0.2) is 18.2 Å². The zero-order valence-corrected chi connectivity index (χ0v) is 8.18. The summed E-state index contributed by atoms with van der Waals surface area (Å²) in [4.78, 5) is 32.5. The van der Waals surface area contributed by atoms with Crippen LogP contribution >= 0.6 is 0 Å². The molecule has 17 heavy (non-hydrogen) atoms. The lowest BCUT2D eigenvalue weighted by molar-refractivity contribution is -0.151. The molecule has 7 heteroatoms. The van der Waals surface area contributed by atoms with Crippen molar-refractivity contribution in [2.45, 2.75) is 0 Å². The average Bonchev–Trinajstić information content (AvgIpc) is 2.15. The van der Waals surface area contributed by atoms with E-state index in [4.69, 9.17) is 10.2 Å². The first-order valence-electron chi connectivity index (χ1n) is 4.29. The number of halogens is 2. The molecule has 90 valence electrons. The summed E-state index contributed by atoms with van der Waals surface area (Å²) in [6.45, 7) is 0. The highest BCUT2D eigenvalue weighted by Gasteiger charge is 2.35. The van der Waals surface area contributed by atoms with Gasteiger partial charge in [0.15, 0.2) is 5.78 Å². The second-order valence-electron chi connectivity index (χ2n) is 3.10. The van der Waals surface area contributed by atoms with Gasteiger partial charge in [-0.15, -0.1) is 0 Å². The molecule has 1 aromatic carbocycles. The molecule has 1 aromatic rings. The first kappa shape index (κ1) is 12.8. The van der Waals surface area contributed by atoms with Crippen LogP contribution in [0.2, 0.25) is 0 Å². The van der Waals surface area contributed by atoms with Crippen molar-refractivity contribution in [3.05, 3.63) is 35.4 Å². The molecule has 0 fully saturated rings. The van der Waals surface area contributed by atoms with Crippen LogP contribution in [0.25, 0.3) is 0 Å². The number of benzene rings is 1.